The van der Waals surface area contributed by atoms with Crippen molar-refractivity contribution >= 4 is 29.4 Å². The second kappa shape index (κ2) is 8.91. The van der Waals surface area contributed by atoms with Crippen molar-refractivity contribution in [1.82, 2.24) is 15.1 Å². The van der Waals surface area contributed by atoms with Crippen LogP contribution in [0.15, 0.2) is 45.8 Å². The van der Waals surface area contributed by atoms with Crippen LogP contribution in [0.25, 0.3) is 0 Å². The molecule has 0 saturated carbocycles. The monoisotopic (exact) mass is 471 g/mol. The molecule has 0 aromatic heterocycles. The Morgan fingerprint density at radius 1 is 1.30 bits per heavy atom. The Morgan fingerprint density at radius 3 is 2.73 bits per heavy atom. The number of hydrogen-bond donors (Lipinski definition) is 2. The first-order valence-corrected chi connectivity index (χ1v) is 11.8. The van der Waals surface area contributed by atoms with E-state index in [9.17, 15) is 9.18 Å². The van der Waals surface area contributed by atoms with Crippen molar-refractivity contribution in [3.8, 4) is 5.75 Å². The van der Waals surface area contributed by atoms with Crippen LogP contribution in [-0.2, 0) is 0 Å². The van der Waals surface area contributed by atoms with Gasteiger partial charge in [0, 0.05) is 36.1 Å². The Hall–Kier alpha value is -2.71. The summed E-state index contributed by atoms with van der Waals surface area (Å²) in [5.41, 5.74) is 1.26. The van der Waals surface area contributed by atoms with Gasteiger partial charge in [0.2, 0.25) is 0 Å². The maximum atomic E-state index is 14.1. The zero-order chi connectivity index (χ0) is 23.1. The first-order valence-electron chi connectivity index (χ1n) is 11.4. The van der Waals surface area contributed by atoms with E-state index in [2.05, 4.69) is 22.1 Å². The van der Waals surface area contributed by atoms with Crippen LogP contribution in [0, 0.1) is 11.2 Å². The summed E-state index contributed by atoms with van der Waals surface area (Å²) in [5.74, 6) is 0.0727. The third-order valence-corrected chi connectivity index (χ3v) is 7.18. The standard InChI is InChI=1S/C24H27ClFN5O2/c1-2-31-16-4-5-17(31)9-18(8-16)33-22-7-15(26)3-6-19(22)24(32)30-12-20(21(27)13-30)23-28-10-14(25)11-29-23/h3,6-7,10-11,16-18,27-28H,2,4-5,8-9,12-13H2,1H3/b23-20+,27-21?/t16-,17+,18+. The molecule has 174 valence electrons. The van der Waals surface area contributed by atoms with Crippen LogP contribution in [0.4, 0.5) is 4.39 Å². The van der Waals surface area contributed by atoms with Gasteiger partial charge in [-0.25, -0.2) is 9.38 Å². The molecular formula is C24H27ClFN5O2. The summed E-state index contributed by atoms with van der Waals surface area (Å²) in [6.45, 7) is 3.61. The van der Waals surface area contributed by atoms with Gasteiger partial charge in [-0.05, 0) is 44.4 Å². The fourth-order valence-corrected chi connectivity index (χ4v) is 5.55. The number of piperidine rings is 1. The highest BCUT2D eigenvalue weighted by atomic mass is 35.5. The van der Waals surface area contributed by atoms with Gasteiger partial charge in [0.25, 0.3) is 5.91 Å². The van der Waals surface area contributed by atoms with Crippen molar-refractivity contribution in [2.45, 2.75) is 50.8 Å². The lowest BCUT2D eigenvalue weighted by molar-refractivity contribution is 0.0515. The number of nitrogens with zero attached hydrogens (tertiary/aromatic N) is 3. The molecule has 7 nitrogen and oxygen atoms in total. The van der Waals surface area contributed by atoms with Crippen molar-refractivity contribution in [2.75, 3.05) is 19.6 Å². The quantitative estimate of drug-likeness (QED) is 0.702. The number of carbonyl (C=O) groups is 1. The molecule has 2 bridgehead atoms. The van der Waals surface area contributed by atoms with Gasteiger partial charge in [0.05, 0.1) is 29.4 Å². The number of likely N-dealkylation sites (tertiary alicyclic amines) is 1. The van der Waals surface area contributed by atoms with Gasteiger partial charge < -0.3 is 20.4 Å². The Morgan fingerprint density at radius 2 is 2.06 bits per heavy atom. The van der Waals surface area contributed by atoms with Crippen molar-refractivity contribution in [3.05, 3.63) is 52.2 Å². The van der Waals surface area contributed by atoms with Crippen LogP contribution >= 0.6 is 11.6 Å². The molecule has 1 aromatic rings. The van der Waals surface area contributed by atoms with Crippen molar-refractivity contribution < 1.29 is 13.9 Å². The van der Waals surface area contributed by atoms with Gasteiger partial charge in [-0.1, -0.05) is 18.5 Å². The van der Waals surface area contributed by atoms with E-state index >= 15 is 0 Å². The Balaban J connectivity index is 1.34. The van der Waals surface area contributed by atoms with Crippen molar-refractivity contribution in [1.29, 1.82) is 5.41 Å². The van der Waals surface area contributed by atoms with E-state index in [1.54, 1.807) is 11.1 Å². The fourth-order valence-electron chi connectivity index (χ4n) is 5.45. The van der Waals surface area contributed by atoms with Crippen molar-refractivity contribution in [3.63, 3.8) is 0 Å². The molecule has 5 rings (SSSR count). The normalized spacial score (nSPS) is 29.3. The number of nitrogens with one attached hydrogen (secondary N) is 2. The van der Waals surface area contributed by atoms with Gasteiger partial charge in [-0.15, -0.1) is 0 Å². The number of fused-ring (bicyclic) bond motifs is 2. The molecule has 4 aliphatic heterocycles. The van der Waals surface area contributed by atoms with Crippen LogP contribution in [0.1, 0.15) is 43.0 Å². The SMILES string of the molecule is CCN1[C@@H]2CC[C@H]1C[C@@H](Oc1cc(F)ccc1C(=O)N1CC(=N)/C(=C3/N=CC(Cl)=CN3)C1)C2. The van der Waals surface area contributed by atoms with E-state index in [4.69, 9.17) is 21.7 Å². The van der Waals surface area contributed by atoms with Crippen LogP contribution in [0.5, 0.6) is 5.75 Å². The summed E-state index contributed by atoms with van der Waals surface area (Å²) in [6, 6.07) is 5.06. The molecule has 0 aliphatic carbocycles. The summed E-state index contributed by atoms with van der Waals surface area (Å²) in [5, 5.41) is 11.8. The second-order valence-corrected chi connectivity index (χ2v) is 9.40. The van der Waals surface area contributed by atoms with E-state index in [1.807, 2.05) is 0 Å². The lowest BCUT2D eigenvalue weighted by atomic mass is 9.99. The number of halogens is 2. The molecule has 0 unspecified atom stereocenters. The van der Waals surface area contributed by atoms with Crippen LogP contribution < -0.4 is 10.1 Å². The molecule has 1 amide bonds. The summed E-state index contributed by atoms with van der Waals surface area (Å²) in [6.07, 6.45) is 7.16. The minimum atomic E-state index is -0.433. The Bertz CT molecular complexity index is 1070. The molecular weight excluding hydrogens is 445 g/mol. The summed E-state index contributed by atoms with van der Waals surface area (Å²) in [7, 11) is 0. The number of carbonyl (C=O) groups excluding carboxylic acids is 1. The molecule has 4 aliphatic rings. The predicted octanol–water partition coefficient (Wildman–Crippen LogP) is 3.66. The first kappa shape index (κ1) is 22.1. The highest BCUT2D eigenvalue weighted by Crippen LogP contribution is 2.38. The van der Waals surface area contributed by atoms with Crippen molar-refractivity contribution in [2.24, 2.45) is 4.99 Å². The average Bonchev–Trinajstić information content (AvgIpc) is 3.30. The number of ether oxygens (including phenoxy) is 1. The summed E-state index contributed by atoms with van der Waals surface area (Å²) in [4.78, 5) is 21.7. The molecule has 9 heteroatoms. The predicted molar refractivity (Wildman–Crippen MR) is 125 cm³/mol. The van der Waals surface area contributed by atoms with Crippen LogP contribution in [-0.4, -0.2) is 65.5 Å². The molecule has 2 N–H and O–H groups in total. The van der Waals surface area contributed by atoms with Gasteiger partial charge in [-0.2, -0.15) is 0 Å². The maximum absolute atomic E-state index is 14.1. The Kier molecular flexibility index (Phi) is 5.97. The molecule has 1 aromatic carbocycles. The zero-order valence-corrected chi connectivity index (χ0v) is 19.2. The molecule has 4 heterocycles. The number of allylic oxidation sites excluding steroid dienone is 1. The second-order valence-electron chi connectivity index (χ2n) is 8.97. The highest BCUT2D eigenvalue weighted by Gasteiger charge is 2.41. The van der Waals surface area contributed by atoms with Gasteiger partial charge in [0.1, 0.15) is 23.5 Å². The van der Waals surface area contributed by atoms with E-state index < -0.39 is 5.82 Å². The van der Waals surface area contributed by atoms with E-state index in [-0.39, 0.29) is 30.9 Å². The molecule has 3 fully saturated rings. The lowest BCUT2D eigenvalue weighted by Crippen LogP contribution is -2.46. The minimum absolute atomic E-state index is 0.0366. The third-order valence-electron chi connectivity index (χ3n) is 6.97. The van der Waals surface area contributed by atoms with Crippen LogP contribution in [0.3, 0.4) is 0 Å². The average molecular weight is 472 g/mol. The van der Waals surface area contributed by atoms with Gasteiger partial charge >= 0.3 is 0 Å². The number of benzene rings is 1. The number of rotatable bonds is 4. The fraction of sp³-hybridized carbons (Fsp3) is 0.458. The molecule has 0 spiro atoms. The first-order chi connectivity index (χ1) is 15.9. The molecule has 3 atom stereocenters. The summed E-state index contributed by atoms with van der Waals surface area (Å²) >= 11 is 5.89. The van der Waals surface area contributed by atoms with E-state index in [0.29, 0.717) is 39.8 Å². The lowest BCUT2D eigenvalue weighted by Gasteiger charge is -2.38. The highest BCUT2D eigenvalue weighted by molar-refractivity contribution is 6.39. The van der Waals surface area contributed by atoms with Crippen LogP contribution in [0.2, 0.25) is 0 Å². The minimum Gasteiger partial charge on any atom is -0.489 e. The Labute approximate surface area is 197 Å². The number of amides is 1. The largest absolute Gasteiger partial charge is 0.489 e. The smallest absolute Gasteiger partial charge is 0.258 e. The zero-order valence-electron chi connectivity index (χ0n) is 18.5. The van der Waals surface area contributed by atoms with E-state index in [1.165, 1.54) is 24.4 Å². The van der Waals surface area contributed by atoms with Gasteiger partial charge in [-0.3, -0.25) is 9.69 Å². The molecule has 3 saturated heterocycles. The molecule has 0 radical (unpaired) electrons. The maximum Gasteiger partial charge on any atom is 0.258 e. The van der Waals surface area contributed by atoms with E-state index in [0.717, 1.165) is 32.2 Å². The number of hydrogen-bond acceptors (Lipinski definition) is 6. The molecule has 33 heavy (non-hydrogen) atoms. The number of aliphatic imine (C=N–C) groups is 1. The third kappa shape index (κ3) is 4.29. The summed E-state index contributed by atoms with van der Waals surface area (Å²) < 4.78 is 20.4. The topological polar surface area (TPSA) is 81.0 Å². The van der Waals surface area contributed by atoms with Gasteiger partial charge in [0.15, 0.2) is 0 Å².